The number of aliphatic hydroxyl groups is 3. The normalized spacial score (nSPS) is 11.2. The summed E-state index contributed by atoms with van der Waals surface area (Å²) in [5.74, 6) is -6.10. The second kappa shape index (κ2) is 39.3. The van der Waals surface area contributed by atoms with Crippen molar-refractivity contribution in [1.82, 2.24) is 26.6 Å². The first-order chi connectivity index (χ1) is 29.4. The van der Waals surface area contributed by atoms with Crippen LogP contribution in [0.15, 0.2) is 60.7 Å². The summed E-state index contributed by atoms with van der Waals surface area (Å²) in [5.41, 5.74) is 6.73. The molecule has 0 saturated carbocycles. The number of aliphatic hydroxyl groups excluding tert-OH is 3. The molecular formula is C39H60N6O18. The number of carbonyl (C=O) groups excluding carboxylic acids is 7. The van der Waals surface area contributed by atoms with Gasteiger partial charge < -0.3 is 72.4 Å². The van der Waals surface area contributed by atoms with Gasteiger partial charge in [-0.25, -0.2) is 4.79 Å². The van der Waals surface area contributed by atoms with Gasteiger partial charge in [-0.2, -0.15) is 0 Å². The molecule has 2 aromatic carbocycles. The minimum Gasteiger partial charge on any atom is -0.481 e. The molecule has 13 N–H and O–H groups in total. The lowest BCUT2D eigenvalue weighted by atomic mass is 10.2. The van der Waals surface area contributed by atoms with Crippen LogP contribution in [0.3, 0.4) is 0 Å². The molecule has 0 bridgehead atoms. The molecular weight excluding hydrogens is 840 g/mol. The van der Waals surface area contributed by atoms with Crippen LogP contribution in [0.5, 0.6) is 0 Å². The third-order valence-electron chi connectivity index (χ3n) is 6.18. The van der Waals surface area contributed by atoms with Gasteiger partial charge in [-0.3, -0.25) is 43.2 Å². The molecule has 354 valence electrons. The number of methoxy groups -OCH3 is 1. The predicted octanol–water partition coefficient (Wildman–Crippen LogP) is -2.60. The van der Waals surface area contributed by atoms with E-state index < -0.39 is 85.6 Å². The van der Waals surface area contributed by atoms with E-state index in [2.05, 4.69) is 26.0 Å². The van der Waals surface area contributed by atoms with Crippen LogP contribution in [0.4, 0.5) is 0 Å². The zero-order chi connectivity index (χ0) is 49.5. The van der Waals surface area contributed by atoms with Crippen molar-refractivity contribution in [3.8, 4) is 0 Å². The second-order valence-electron chi connectivity index (χ2n) is 12.1. The molecule has 5 amide bonds. The van der Waals surface area contributed by atoms with E-state index in [-0.39, 0.29) is 24.3 Å². The van der Waals surface area contributed by atoms with Crippen molar-refractivity contribution in [3.05, 3.63) is 71.8 Å². The van der Waals surface area contributed by atoms with Crippen LogP contribution in [0.1, 0.15) is 52.7 Å². The predicted molar refractivity (Wildman–Crippen MR) is 222 cm³/mol. The Morgan fingerprint density at radius 3 is 1.10 bits per heavy atom. The lowest BCUT2D eigenvalue weighted by molar-refractivity contribution is -0.156. The van der Waals surface area contributed by atoms with Crippen molar-refractivity contribution in [2.75, 3.05) is 33.5 Å². The Morgan fingerprint density at radius 1 is 0.540 bits per heavy atom. The van der Waals surface area contributed by atoms with Gasteiger partial charge in [0.1, 0.15) is 24.2 Å². The Balaban J connectivity index is -0.000000355. The van der Waals surface area contributed by atoms with Gasteiger partial charge in [-0.15, -0.1) is 0 Å². The number of carboxylic acid groups (broad SMARTS) is 3. The van der Waals surface area contributed by atoms with Gasteiger partial charge in [0.15, 0.2) is 0 Å². The van der Waals surface area contributed by atoms with Crippen molar-refractivity contribution in [1.29, 1.82) is 0 Å². The summed E-state index contributed by atoms with van der Waals surface area (Å²) < 4.78 is 8.87. The van der Waals surface area contributed by atoms with E-state index in [0.717, 1.165) is 18.1 Å². The molecule has 0 heterocycles. The summed E-state index contributed by atoms with van der Waals surface area (Å²) in [7, 11) is 1.49. The largest absolute Gasteiger partial charge is 0.481 e. The maximum atomic E-state index is 11.8. The van der Waals surface area contributed by atoms with Gasteiger partial charge in [-0.05, 0) is 11.1 Å². The van der Waals surface area contributed by atoms with Gasteiger partial charge in [0.05, 0.1) is 26.4 Å². The molecule has 0 aromatic heterocycles. The van der Waals surface area contributed by atoms with Crippen molar-refractivity contribution < 1.29 is 88.1 Å². The molecule has 63 heavy (non-hydrogen) atoms. The van der Waals surface area contributed by atoms with Crippen LogP contribution in [-0.2, 0) is 70.5 Å². The lowest BCUT2D eigenvalue weighted by Crippen LogP contribution is -2.48. The molecule has 0 aliphatic rings. The van der Waals surface area contributed by atoms with Crippen LogP contribution in [0, 0.1) is 0 Å². The maximum Gasteiger partial charge on any atom is 0.328 e. The summed E-state index contributed by atoms with van der Waals surface area (Å²) in [6.07, 6.45) is 0. The molecule has 0 spiro atoms. The number of esters is 2. The van der Waals surface area contributed by atoms with E-state index in [1.54, 1.807) is 0 Å². The highest BCUT2D eigenvalue weighted by Gasteiger charge is 2.19. The van der Waals surface area contributed by atoms with Gasteiger partial charge in [-0.1, -0.05) is 60.7 Å². The topological polar surface area (TPSA) is 397 Å². The first kappa shape index (κ1) is 62.8. The molecule has 24 nitrogen and oxygen atoms in total. The number of carboxylic acids is 3. The Labute approximate surface area is 363 Å². The van der Waals surface area contributed by atoms with Crippen molar-refractivity contribution in [2.24, 2.45) is 5.73 Å². The van der Waals surface area contributed by atoms with Gasteiger partial charge in [0, 0.05) is 61.7 Å². The molecule has 24 heteroatoms. The number of hydrogen-bond acceptors (Lipinski definition) is 16. The average molecular weight is 901 g/mol. The van der Waals surface area contributed by atoms with E-state index >= 15 is 0 Å². The summed E-state index contributed by atoms with van der Waals surface area (Å²) >= 11 is 0. The number of nitrogens with two attached hydrogens (primary N) is 1. The zero-order valence-corrected chi connectivity index (χ0v) is 36.0. The van der Waals surface area contributed by atoms with Crippen LogP contribution in [-0.4, -0.2) is 148 Å². The smallest absolute Gasteiger partial charge is 0.328 e. The summed E-state index contributed by atoms with van der Waals surface area (Å²) in [4.78, 5) is 104. The van der Waals surface area contributed by atoms with Crippen LogP contribution in [0.2, 0.25) is 0 Å². The summed E-state index contributed by atoms with van der Waals surface area (Å²) in [5, 5.41) is 61.2. The Morgan fingerprint density at radius 2 is 0.873 bits per heavy atom. The second-order valence-corrected chi connectivity index (χ2v) is 12.1. The molecule has 0 aliphatic heterocycles. The highest BCUT2D eigenvalue weighted by molar-refractivity contribution is 5.87. The number of aliphatic carboxylic acids is 3. The number of nitrogens with one attached hydrogen (secondary N) is 5. The SMILES string of the molecule is CC(=O)N[C@H](CO)C(=O)NCc1ccccc1.CC(=O)N[C@H](CO)C(=O)O.CC(=O)O.CC(=O)OC(C)=O.COC[C@@H](NC(C)=O)C(=O)NCc1ccccc1.N[C@H](CO)C(=O)O. The van der Waals surface area contributed by atoms with Crippen LogP contribution >= 0.6 is 0 Å². The van der Waals surface area contributed by atoms with Gasteiger partial charge in [0.25, 0.3) is 5.97 Å². The van der Waals surface area contributed by atoms with E-state index in [0.29, 0.717) is 13.1 Å². The molecule has 0 fully saturated rings. The van der Waals surface area contributed by atoms with Crippen molar-refractivity contribution in [2.45, 2.75) is 78.8 Å². The monoisotopic (exact) mass is 900 g/mol. The van der Waals surface area contributed by atoms with Gasteiger partial charge in [0.2, 0.25) is 29.5 Å². The number of benzene rings is 2. The number of ether oxygens (including phenoxy) is 2. The number of amides is 5. The highest BCUT2D eigenvalue weighted by atomic mass is 16.6. The molecule has 0 radical (unpaired) electrons. The van der Waals surface area contributed by atoms with Crippen LogP contribution < -0.4 is 32.3 Å². The Kier molecular flexibility index (Phi) is 39.2. The van der Waals surface area contributed by atoms with Gasteiger partial charge >= 0.3 is 23.9 Å². The molecule has 2 aromatic rings. The highest BCUT2D eigenvalue weighted by Crippen LogP contribution is 1.99. The third kappa shape index (κ3) is 43.1. The summed E-state index contributed by atoms with van der Waals surface area (Å²) in [6, 6.07) is 15.1. The minimum atomic E-state index is -1.24. The van der Waals surface area contributed by atoms with Crippen molar-refractivity contribution in [3.63, 3.8) is 0 Å². The number of hydrogen-bond donors (Lipinski definition) is 12. The molecule has 0 saturated heterocycles. The molecule has 0 unspecified atom stereocenters. The first-order valence-corrected chi connectivity index (χ1v) is 18.2. The minimum absolute atomic E-state index is 0.153. The maximum absolute atomic E-state index is 11.8. The molecule has 0 aliphatic carbocycles. The number of rotatable bonds is 16. The average Bonchev–Trinajstić information content (AvgIpc) is 3.20. The van der Waals surface area contributed by atoms with E-state index in [9.17, 15) is 43.2 Å². The first-order valence-electron chi connectivity index (χ1n) is 18.2. The fourth-order valence-electron chi connectivity index (χ4n) is 3.56. The third-order valence-corrected chi connectivity index (χ3v) is 6.18. The fourth-order valence-corrected chi connectivity index (χ4v) is 3.56. The summed E-state index contributed by atoms with van der Waals surface area (Å²) in [6.45, 7) is 6.74. The molecule has 2 rings (SSSR count). The van der Waals surface area contributed by atoms with E-state index in [1.165, 1.54) is 41.7 Å². The number of carbonyl (C=O) groups is 10. The zero-order valence-electron chi connectivity index (χ0n) is 36.0. The Hall–Kier alpha value is -6.86. The molecule has 4 atom stereocenters. The standard InChI is InChI=1S/C13H18N2O3.C12H16N2O3.C5H9NO4.C4H6O3.C3H7NO3.C2H4O2/c1-10(16)15-12(9-18-2)13(17)14-8-11-6-4-3-5-7-11;1-9(16)14-11(8-15)12(17)13-7-10-5-3-2-4-6-10;1-3(8)6-4(2-7)5(9)10;1-3(5)7-4(2)6;4-2(1-5)3(6)7;1-2(3)4/h3-7,12H,8-9H2,1-2H3,(H,14,17)(H,15,16);2-6,11,15H,7-8H2,1H3,(H,13,17)(H,14,16);4,7H,2H2,1H3,(H,6,8)(H,9,10);1-2H3;2,5H,1,4H2,(H,6,7);1H3,(H,3,4)/t12-;11-;4-;;2-;/m111.1./s1. The fraction of sp³-hybridized carbons (Fsp3) is 0.436. The van der Waals surface area contributed by atoms with E-state index in [1.807, 2.05) is 66.0 Å². The lowest BCUT2D eigenvalue weighted by Gasteiger charge is -2.16. The van der Waals surface area contributed by atoms with Crippen molar-refractivity contribution >= 4 is 59.4 Å². The van der Waals surface area contributed by atoms with E-state index in [4.69, 9.17) is 45.9 Å². The van der Waals surface area contributed by atoms with Crippen LogP contribution in [0.25, 0.3) is 0 Å². The quantitative estimate of drug-likeness (QED) is 0.0607. The Bertz CT molecular complexity index is 1670.